The summed E-state index contributed by atoms with van der Waals surface area (Å²) >= 11 is 0. The highest BCUT2D eigenvalue weighted by Crippen LogP contribution is 2.23. The number of carboxylic acid groups (broad SMARTS) is 1. The smallest absolute Gasteiger partial charge is 0.335 e. The molecule has 0 saturated heterocycles. The van der Waals surface area contributed by atoms with E-state index in [9.17, 15) is 9.18 Å². The number of halogens is 1. The first-order valence-corrected chi connectivity index (χ1v) is 7.49. The third-order valence-corrected chi connectivity index (χ3v) is 3.60. The summed E-state index contributed by atoms with van der Waals surface area (Å²) in [6, 6.07) is 16.6. The molecular weight excluding hydrogens is 309 g/mol. The van der Waals surface area contributed by atoms with Crippen LogP contribution in [0.4, 0.5) is 4.39 Å². The molecule has 0 amide bonds. The fourth-order valence-electron chi connectivity index (χ4n) is 2.37. The number of hydrogen-bond donors (Lipinski definition) is 2. The Labute approximate surface area is 138 Å². The Morgan fingerprint density at radius 3 is 2.58 bits per heavy atom. The van der Waals surface area contributed by atoms with Gasteiger partial charge in [0.15, 0.2) is 0 Å². The Morgan fingerprint density at radius 1 is 1.04 bits per heavy atom. The van der Waals surface area contributed by atoms with Gasteiger partial charge >= 0.3 is 5.97 Å². The van der Waals surface area contributed by atoms with Crippen LogP contribution in [-0.2, 0) is 13.1 Å². The average molecular weight is 325 g/mol. The maximum absolute atomic E-state index is 12.8. The Balaban J connectivity index is 1.62. The maximum atomic E-state index is 12.8. The Bertz CT molecular complexity index is 840. The first-order chi connectivity index (χ1) is 11.6. The average Bonchev–Trinajstić information content (AvgIpc) is 3.06. The van der Waals surface area contributed by atoms with Crippen molar-refractivity contribution in [2.24, 2.45) is 0 Å². The third-order valence-electron chi connectivity index (χ3n) is 3.60. The van der Waals surface area contributed by atoms with Crippen molar-refractivity contribution in [1.29, 1.82) is 0 Å². The van der Waals surface area contributed by atoms with Crippen molar-refractivity contribution in [2.75, 3.05) is 0 Å². The largest absolute Gasteiger partial charge is 0.478 e. The molecule has 0 aliphatic carbocycles. The van der Waals surface area contributed by atoms with Crippen LogP contribution < -0.4 is 5.32 Å². The number of carbonyl (C=O) groups is 1. The van der Waals surface area contributed by atoms with Crippen LogP contribution in [0.15, 0.2) is 65.1 Å². The number of benzene rings is 2. The van der Waals surface area contributed by atoms with Gasteiger partial charge in [-0.25, -0.2) is 9.18 Å². The van der Waals surface area contributed by atoms with E-state index >= 15 is 0 Å². The van der Waals surface area contributed by atoms with E-state index in [2.05, 4.69) is 5.32 Å². The lowest BCUT2D eigenvalue weighted by atomic mass is 10.1. The van der Waals surface area contributed by atoms with E-state index in [0.717, 1.165) is 16.9 Å². The number of aromatic carboxylic acids is 1. The molecule has 0 saturated carbocycles. The zero-order chi connectivity index (χ0) is 16.9. The van der Waals surface area contributed by atoms with Gasteiger partial charge in [-0.05, 0) is 42.0 Å². The normalized spacial score (nSPS) is 10.7. The quantitative estimate of drug-likeness (QED) is 0.717. The highest BCUT2D eigenvalue weighted by atomic mass is 19.1. The van der Waals surface area contributed by atoms with Gasteiger partial charge < -0.3 is 14.8 Å². The molecule has 122 valence electrons. The zero-order valence-corrected chi connectivity index (χ0v) is 12.8. The van der Waals surface area contributed by atoms with Gasteiger partial charge in [0.2, 0.25) is 0 Å². The summed E-state index contributed by atoms with van der Waals surface area (Å²) in [7, 11) is 0. The van der Waals surface area contributed by atoms with Crippen LogP contribution >= 0.6 is 0 Å². The highest BCUT2D eigenvalue weighted by Gasteiger charge is 2.08. The van der Waals surface area contributed by atoms with Crippen LogP contribution in [0.25, 0.3) is 11.3 Å². The molecule has 0 unspecified atom stereocenters. The van der Waals surface area contributed by atoms with Crippen LogP contribution in [-0.4, -0.2) is 11.1 Å². The first-order valence-electron chi connectivity index (χ1n) is 7.49. The number of rotatable bonds is 6. The fourth-order valence-corrected chi connectivity index (χ4v) is 2.37. The molecule has 0 bridgehead atoms. The predicted octanol–water partition coefficient (Wildman–Crippen LogP) is 4.07. The fraction of sp³-hybridized carbons (Fsp3) is 0.105. The molecule has 0 aliphatic heterocycles. The van der Waals surface area contributed by atoms with E-state index in [1.165, 1.54) is 12.1 Å². The summed E-state index contributed by atoms with van der Waals surface area (Å²) in [5.41, 5.74) is 1.93. The number of hydrogen-bond acceptors (Lipinski definition) is 3. The summed E-state index contributed by atoms with van der Waals surface area (Å²) in [6.07, 6.45) is 0. The summed E-state index contributed by atoms with van der Waals surface area (Å²) in [5.74, 6) is 0.145. The predicted molar refractivity (Wildman–Crippen MR) is 88.0 cm³/mol. The molecule has 1 heterocycles. The van der Waals surface area contributed by atoms with Crippen molar-refractivity contribution in [3.8, 4) is 11.3 Å². The van der Waals surface area contributed by atoms with Crippen molar-refractivity contribution >= 4 is 5.97 Å². The zero-order valence-electron chi connectivity index (χ0n) is 12.8. The monoisotopic (exact) mass is 325 g/mol. The van der Waals surface area contributed by atoms with Crippen LogP contribution in [0.2, 0.25) is 0 Å². The van der Waals surface area contributed by atoms with Gasteiger partial charge in [0.05, 0.1) is 12.1 Å². The molecule has 5 heteroatoms. The van der Waals surface area contributed by atoms with E-state index in [4.69, 9.17) is 9.52 Å². The summed E-state index contributed by atoms with van der Waals surface area (Å²) in [6.45, 7) is 1.13. The standard InChI is InChI=1S/C19H16FNO3/c20-16-6-4-13(5-7-16)11-21-12-17-8-9-18(24-17)14-2-1-3-15(10-14)19(22)23/h1-10,21H,11-12H2,(H,22,23). The number of carboxylic acids is 1. The van der Waals surface area contributed by atoms with Crippen molar-refractivity contribution in [3.63, 3.8) is 0 Å². The Kier molecular flexibility index (Phi) is 4.72. The lowest BCUT2D eigenvalue weighted by Gasteiger charge is -2.03. The van der Waals surface area contributed by atoms with E-state index in [1.807, 2.05) is 12.1 Å². The van der Waals surface area contributed by atoms with Gasteiger partial charge in [-0.2, -0.15) is 0 Å². The summed E-state index contributed by atoms with van der Waals surface area (Å²) in [5, 5.41) is 12.3. The number of nitrogens with one attached hydrogen (secondary N) is 1. The van der Waals surface area contributed by atoms with Crippen LogP contribution in [0.5, 0.6) is 0 Å². The van der Waals surface area contributed by atoms with Crippen molar-refractivity contribution in [3.05, 3.63) is 83.4 Å². The Morgan fingerprint density at radius 2 is 1.83 bits per heavy atom. The molecule has 0 spiro atoms. The molecule has 0 fully saturated rings. The van der Waals surface area contributed by atoms with E-state index < -0.39 is 5.97 Å². The van der Waals surface area contributed by atoms with Gasteiger partial charge in [-0.15, -0.1) is 0 Å². The molecule has 3 aromatic rings. The van der Waals surface area contributed by atoms with Crippen molar-refractivity contribution in [2.45, 2.75) is 13.1 Å². The minimum atomic E-state index is -0.968. The molecule has 1 aromatic heterocycles. The molecule has 0 radical (unpaired) electrons. The SMILES string of the molecule is O=C(O)c1cccc(-c2ccc(CNCc3ccc(F)cc3)o2)c1. The van der Waals surface area contributed by atoms with Gasteiger partial charge in [0, 0.05) is 12.1 Å². The van der Waals surface area contributed by atoms with E-state index in [1.54, 1.807) is 36.4 Å². The minimum absolute atomic E-state index is 0.222. The number of furan rings is 1. The maximum Gasteiger partial charge on any atom is 0.335 e. The van der Waals surface area contributed by atoms with E-state index in [-0.39, 0.29) is 11.4 Å². The first kappa shape index (κ1) is 16.0. The molecule has 0 atom stereocenters. The third kappa shape index (κ3) is 3.88. The topological polar surface area (TPSA) is 62.5 Å². The highest BCUT2D eigenvalue weighted by molar-refractivity contribution is 5.89. The van der Waals surface area contributed by atoms with Crippen LogP contribution in [0.3, 0.4) is 0 Å². The van der Waals surface area contributed by atoms with Gasteiger partial charge in [0.25, 0.3) is 0 Å². The van der Waals surface area contributed by atoms with Crippen molar-refractivity contribution in [1.82, 2.24) is 5.32 Å². The molecule has 2 N–H and O–H groups in total. The van der Waals surface area contributed by atoms with Crippen LogP contribution in [0, 0.1) is 5.82 Å². The second kappa shape index (κ2) is 7.10. The molecular formula is C19H16FNO3. The summed E-state index contributed by atoms with van der Waals surface area (Å²) < 4.78 is 18.6. The minimum Gasteiger partial charge on any atom is -0.478 e. The van der Waals surface area contributed by atoms with Gasteiger partial charge in [-0.3, -0.25) is 0 Å². The molecule has 0 aliphatic rings. The van der Waals surface area contributed by atoms with Crippen molar-refractivity contribution < 1.29 is 18.7 Å². The summed E-state index contributed by atoms with van der Waals surface area (Å²) in [4.78, 5) is 11.0. The van der Waals surface area contributed by atoms with E-state index in [0.29, 0.717) is 18.8 Å². The van der Waals surface area contributed by atoms with Crippen LogP contribution in [0.1, 0.15) is 21.7 Å². The molecule has 2 aromatic carbocycles. The molecule has 3 rings (SSSR count). The van der Waals surface area contributed by atoms with Gasteiger partial charge in [0.1, 0.15) is 17.3 Å². The second-order valence-corrected chi connectivity index (χ2v) is 5.38. The Hall–Kier alpha value is -2.92. The van der Waals surface area contributed by atoms with Gasteiger partial charge in [-0.1, -0.05) is 24.3 Å². The lowest BCUT2D eigenvalue weighted by molar-refractivity contribution is 0.0697. The molecule has 4 nitrogen and oxygen atoms in total. The molecule has 24 heavy (non-hydrogen) atoms. The second-order valence-electron chi connectivity index (χ2n) is 5.38. The lowest BCUT2D eigenvalue weighted by Crippen LogP contribution is -2.11.